The predicted molar refractivity (Wildman–Crippen MR) is 85.5 cm³/mol. The molecule has 0 spiro atoms. The van der Waals surface area contributed by atoms with Crippen LogP contribution in [-0.2, 0) is 19.5 Å². The number of aryl methyl sites for hydroxylation is 1. The van der Waals surface area contributed by atoms with Crippen molar-refractivity contribution in [3.05, 3.63) is 47.8 Å². The van der Waals surface area contributed by atoms with Gasteiger partial charge in [0.1, 0.15) is 5.75 Å². The molecule has 0 fully saturated rings. The molecule has 2 rings (SSSR count). The first-order valence-electron chi connectivity index (χ1n) is 7.48. The Morgan fingerprint density at radius 3 is 2.71 bits per heavy atom. The van der Waals surface area contributed by atoms with Gasteiger partial charge in [0.25, 0.3) is 0 Å². The topological polar surface area (TPSA) is 30.3 Å². The van der Waals surface area contributed by atoms with Crippen molar-refractivity contribution in [1.29, 1.82) is 0 Å². The van der Waals surface area contributed by atoms with Gasteiger partial charge in [-0.1, -0.05) is 18.2 Å². The monoisotopic (exact) mass is 287 g/mol. The second kappa shape index (κ2) is 7.27. The maximum Gasteiger partial charge on any atom is 0.122 e. The fourth-order valence-electron chi connectivity index (χ4n) is 2.42. The van der Waals surface area contributed by atoms with E-state index >= 15 is 0 Å². The molecule has 1 heterocycles. The number of para-hydroxylation sites is 1. The average Bonchev–Trinajstić information content (AvgIpc) is 2.95. The summed E-state index contributed by atoms with van der Waals surface area (Å²) in [5, 5.41) is 4.54. The summed E-state index contributed by atoms with van der Waals surface area (Å²) in [4.78, 5) is 2.33. The van der Waals surface area contributed by atoms with Crippen LogP contribution in [0.1, 0.15) is 25.1 Å². The molecule has 4 heteroatoms. The van der Waals surface area contributed by atoms with Gasteiger partial charge in [0.05, 0.1) is 12.8 Å². The van der Waals surface area contributed by atoms with E-state index in [9.17, 15) is 0 Å². The summed E-state index contributed by atoms with van der Waals surface area (Å²) >= 11 is 0. The molecule has 0 N–H and O–H groups in total. The first kappa shape index (κ1) is 15.6. The van der Waals surface area contributed by atoms with Crippen LogP contribution in [0.5, 0.6) is 5.75 Å². The van der Waals surface area contributed by atoms with Crippen molar-refractivity contribution >= 4 is 0 Å². The number of hydrogen-bond donors (Lipinski definition) is 0. The number of aromatic nitrogens is 2. The van der Waals surface area contributed by atoms with E-state index in [4.69, 9.17) is 4.74 Å². The van der Waals surface area contributed by atoms with Crippen molar-refractivity contribution < 1.29 is 4.74 Å². The van der Waals surface area contributed by atoms with E-state index in [1.807, 2.05) is 23.0 Å². The van der Waals surface area contributed by atoms with Gasteiger partial charge >= 0.3 is 0 Å². The van der Waals surface area contributed by atoms with Crippen LogP contribution in [0.3, 0.4) is 0 Å². The van der Waals surface area contributed by atoms with Crippen LogP contribution >= 0.6 is 0 Å². The van der Waals surface area contributed by atoms with E-state index in [1.54, 1.807) is 7.11 Å². The maximum absolute atomic E-state index is 5.43. The first-order chi connectivity index (χ1) is 10.1. The SMILES string of the molecule is CCn1ccc(CN(C)[C@H](C)Cc2ccccc2OC)n1. The number of nitrogens with zero attached hydrogens (tertiary/aromatic N) is 3. The molecule has 0 saturated carbocycles. The molecule has 0 aliphatic rings. The van der Waals surface area contributed by atoms with Crippen molar-refractivity contribution in [3.63, 3.8) is 0 Å². The van der Waals surface area contributed by atoms with Crippen molar-refractivity contribution in [3.8, 4) is 5.75 Å². The lowest BCUT2D eigenvalue weighted by atomic mass is 10.1. The van der Waals surface area contributed by atoms with Crippen LogP contribution in [0.15, 0.2) is 36.5 Å². The number of likely N-dealkylation sites (N-methyl/N-ethyl adjacent to an activating group) is 1. The standard InChI is InChI=1S/C17H25N3O/c1-5-20-11-10-16(18-20)13-19(3)14(2)12-15-8-6-7-9-17(15)21-4/h6-11,14H,5,12-13H2,1-4H3/t14-/m1/s1. The third-order valence-corrected chi connectivity index (χ3v) is 3.89. The average molecular weight is 287 g/mol. The summed E-state index contributed by atoms with van der Waals surface area (Å²) in [5.74, 6) is 0.966. The van der Waals surface area contributed by atoms with Gasteiger partial charge in [0, 0.05) is 25.3 Å². The van der Waals surface area contributed by atoms with Gasteiger partial charge in [0.15, 0.2) is 0 Å². The number of benzene rings is 1. The normalized spacial score (nSPS) is 12.6. The van der Waals surface area contributed by atoms with Crippen LogP contribution < -0.4 is 4.74 Å². The number of ether oxygens (including phenoxy) is 1. The van der Waals surface area contributed by atoms with Crippen LogP contribution in [0.4, 0.5) is 0 Å². The van der Waals surface area contributed by atoms with Crippen LogP contribution in [-0.4, -0.2) is 34.9 Å². The van der Waals surface area contributed by atoms with E-state index in [0.717, 1.165) is 31.0 Å². The third-order valence-electron chi connectivity index (χ3n) is 3.89. The zero-order valence-electron chi connectivity index (χ0n) is 13.4. The van der Waals surface area contributed by atoms with Gasteiger partial charge in [-0.2, -0.15) is 5.10 Å². The van der Waals surface area contributed by atoms with Gasteiger partial charge in [0.2, 0.25) is 0 Å². The number of methoxy groups -OCH3 is 1. The summed E-state index contributed by atoms with van der Waals surface area (Å²) < 4.78 is 7.39. The van der Waals surface area contributed by atoms with Crippen molar-refractivity contribution in [2.75, 3.05) is 14.2 Å². The summed E-state index contributed by atoms with van der Waals surface area (Å²) in [7, 11) is 3.87. The predicted octanol–water partition coefficient (Wildman–Crippen LogP) is 2.97. The summed E-state index contributed by atoms with van der Waals surface area (Å²) in [6.07, 6.45) is 3.00. The summed E-state index contributed by atoms with van der Waals surface area (Å²) in [5.41, 5.74) is 2.37. The molecule has 1 aromatic heterocycles. The lowest BCUT2D eigenvalue weighted by Crippen LogP contribution is -2.30. The molecule has 4 nitrogen and oxygen atoms in total. The van der Waals surface area contributed by atoms with Crippen LogP contribution in [0.25, 0.3) is 0 Å². The number of hydrogen-bond acceptors (Lipinski definition) is 3. The summed E-state index contributed by atoms with van der Waals surface area (Å²) in [6, 6.07) is 10.7. The molecule has 1 atom stereocenters. The summed E-state index contributed by atoms with van der Waals surface area (Å²) in [6.45, 7) is 6.12. The van der Waals surface area contributed by atoms with Gasteiger partial charge < -0.3 is 4.74 Å². The first-order valence-corrected chi connectivity index (χ1v) is 7.48. The molecule has 0 aliphatic carbocycles. The maximum atomic E-state index is 5.43. The molecule has 114 valence electrons. The van der Waals surface area contributed by atoms with E-state index in [0.29, 0.717) is 6.04 Å². The highest BCUT2D eigenvalue weighted by molar-refractivity contribution is 5.33. The van der Waals surface area contributed by atoms with E-state index in [2.05, 4.69) is 49.1 Å². The Hall–Kier alpha value is -1.81. The van der Waals surface area contributed by atoms with E-state index in [-0.39, 0.29) is 0 Å². The van der Waals surface area contributed by atoms with E-state index < -0.39 is 0 Å². The third kappa shape index (κ3) is 4.08. The van der Waals surface area contributed by atoms with Crippen LogP contribution in [0.2, 0.25) is 0 Å². The van der Waals surface area contributed by atoms with Crippen LogP contribution in [0, 0.1) is 0 Å². The lowest BCUT2D eigenvalue weighted by Gasteiger charge is -2.24. The Morgan fingerprint density at radius 2 is 2.05 bits per heavy atom. The Bertz CT molecular complexity index is 565. The zero-order valence-corrected chi connectivity index (χ0v) is 13.4. The molecule has 0 saturated heterocycles. The van der Waals surface area contributed by atoms with Gasteiger partial charge in [-0.15, -0.1) is 0 Å². The molecular weight excluding hydrogens is 262 g/mol. The molecule has 0 aliphatic heterocycles. The molecule has 0 radical (unpaired) electrons. The second-order valence-corrected chi connectivity index (χ2v) is 5.44. The van der Waals surface area contributed by atoms with Gasteiger partial charge in [-0.25, -0.2) is 0 Å². The highest BCUT2D eigenvalue weighted by Crippen LogP contribution is 2.20. The Kier molecular flexibility index (Phi) is 5.39. The minimum Gasteiger partial charge on any atom is -0.496 e. The smallest absolute Gasteiger partial charge is 0.122 e. The molecule has 1 aromatic carbocycles. The quantitative estimate of drug-likeness (QED) is 0.784. The Morgan fingerprint density at radius 1 is 1.29 bits per heavy atom. The molecule has 0 unspecified atom stereocenters. The molecule has 0 amide bonds. The number of rotatable bonds is 7. The lowest BCUT2D eigenvalue weighted by molar-refractivity contribution is 0.243. The Balaban J connectivity index is 1.97. The largest absolute Gasteiger partial charge is 0.496 e. The minimum atomic E-state index is 0.424. The highest BCUT2D eigenvalue weighted by Gasteiger charge is 2.14. The second-order valence-electron chi connectivity index (χ2n) is 5.44. The molecule has 0 bridgehead atoms. The van der Waals surface area contributed by atoms with Crippen molar-refractivity contribution in [2.24, 2.45) is 0 Å². The highest BCUT2D eigenvalue weighted by atomic mass is 16.5. The Labute approximate surface area is 127 Å². The molecular formula is C17H25N3O. The molecule has 21 heavy (non-hydrogen) atoms. The van der Waals surface area contributed by atoms with Crippen molar-refractivity contribution in [2.45, 2.75) is 39.4 Å². The fraction of sp³-hybridized carbons (Fsp3) is 0.471. The fourth-order valence-corrected chi connectivity index (χ4v) is 2.42. The van der Waals surface area contributed by atoms with E-state index in [1.165, 1.54) is 5.56 Å². The van der Waals surface area contributed by atoms with Gasteiger partial charge in [-0.3, -0.25) is 9.58 Å². The minimum absolute atomic E-state index is 0.424. The van der Waals surface area contributed by atoms with Crippen molar-refractivity contribution in [1.82, 2.24) is 14.7 Å². The zero-order chi connectivity index (χ0) is 15.2. The van der Waals surface area contributed by atoms with Gasteiger partial charge in [-0.05, 0) is 45.0 Å². The molecule has 2 aromatic rings.